The highest BCUT2D eigenvalue weighted by Gasteiger charge is 2.11. The maximum atomic E-state index is 11.2. The Bertz CT molecular complexity index is 265. The molecule has 0 aliphatic heterocycles. The summed E-state index contributed by atoms with van der Waals surface area (Å²) in [5.41, 5.74) is 1.59. The summed E-state index contributed by atoms with van der Waals surface area (Å²) in [5.74, 6) is -0.264. The number of H-pyrrole nitrogens is 1. The first kappa shape index (κ1) is 8.84. The normalized spacial score (nSPS) is 9.83. The van der Waals surface area contributed by atoms with E-state index in [1.807, 2.05) is 13.0 Å². The van der Waals surface area contributed by atoms with E-state index in [0.29, 0.717) is 12.3 Å². The summed E-state index contributed by atoms with van der Waals surface area (Å²) in [4.78, 5) is 14.1. The second kappa shape index (κ2) is 3.95. The lowest BCUT2D eigenvalue weighted by atomic mass is 10.2. The first-order valence-electron chi connectivity index (χ1n) is 4.13. The zero-order valence-electron chi connectivity index (χ0n) is 7.39. The van der Waals surface area contributed by atoms with Crippen LogP contribution in [0.5, 0.6) is 0 Å². The zero-order valence-corrected chi connectivity index (χ0v) is 7.39. The number of carbonyl (C=O) groups excluding carboxylic acids is 1. The van der Waals surface area contributed by atoms with Gasteiger partial charge in [-0.2, -0.15) is 0 Å². The Morgan fingerprint density at radius 1 is 1.58 bits per heavy atom. The van der Waals surface area contributed by atoms with Crippen molar-refractivity contribution in [2.75, 3.05) is 6.61 Å². The van der Waals surface area contributed by atoms with Crippen molar-refractivity contribution < 1.29 is 9.53 Å². The summed E-state index contributed by atoms with van der Waals surface area (Å²) in [6.45, 7) is 4.22. The molecule has 0 bridgehead atoms. The highest BCUT2D eigenvalue weighted by atomic mass is 16.5. The molecule has 0 atom stereocenters. The van der Waals surface area contributed by atoms with Crippen LogP contribution in [0.25, 0.3) is 0 Å². The second-order valence-corrected chi connectivity index (χ2v) is 2.45. The maximum Gasteiger partial charge on any atom is 0.355 e. The fraction of sp³-hybridized carbons (Fsp3) is 0.444. The monoisotopic (exact) mass is 167 g/mol. The van der Waals surface area contributed by atoms with Gasteiger partial charge in [-0.25, -0.2) is 4.79 Å². The third kappa shape index (κ3) is 1.67. The smallest absolute Gasteiger partial charge is 0.355 e. The first-order chi connectivity index (χ1) is 5.79. The molecule has 0 spiro atoms. The molecule has 0 aliphatic rings. The minimum atomic E-state index is -0.264. The van der Waals surface area contributed by atoms with Gasteiger partial charge in [0.1, 0.15) is 5.69 Å². The van der Waals surface area contributed by atoms with Gasteiger partial charge in [-0.15, -0.1) is 0 Å². The van der Waals surface area contributed by atoms with Gasteiger partial charge in [-0.05, 0) is 25.0 Å². The van der Waals surface area contributed by atoms with Gasteiger partial charge in [0, 0.05) is 6.20 Å². The molecule has 1 aromatic rings. The van der Waals surface area contributed by atoms with Crippen LogP contribution in [0.15, 0.2) is 12.3 Å². The standard InChI is InChI=1S/C9H13NO2/c1-3-7-5-6-10-8(7)9(11)12-4-2/h5-6,10H,3-4H2,1-2H3. The number of aryl methyl sites for hydroxylation is 1. The summed E-state index contributed by atoms with van der Waals surface area (Å²) in [6.07, 6.45) is 2.60. The van der Waals surface area contributed by atoms with Crippen molar-refractivity contribution in [1.82, 2.24) is 4.98 Å². The van der Waals surface area contributed by atoms with Crippen LogP contribution in [0.4, 0.5) is 0 Å². The van der Waals surface area contributed by atoms with E-state index < -0.39 is 0 Å². The fourth-order valence-electron chi connectivity index (χ4n) is 1.09. The maximum absolute atomic E-state index is 11.2. The topological polar surface area (TPSA) is 42.1 Å². The quantitative estimate of drug-likeness (QED) is 0.697. The molecule has 12 heavy (non-hydrogen) atoms. The number of ether oxygens (including phenoxy) is 1. The van der Waals surface area contributed by atoms with E-state index in [-0.39, 0.29) is 5.97 Å². The number of hydrogen-bond acceptors (Lipinski definition) is 2. The fourth-order valence-corrected chi connectivity index (χ4v) is 1.09. The van der Waals surface area contributed by atoms with Gasteiger partial charge < -0.3 is 9.72 Å². The van der Waals surface area contributed by atoms with Crippen molar-refractivity contribution in [2.45, 2.75) is 20.3 Å². The molecular weight excluding hydrogens is 154 g/mol. The van der Waals surface area contributed by atoms with Crippen molar-refractivity contribution in [3.63, 3.8) is 0 Å². The van der Waals surface area contributed by atoms with E-state index >= 15 is 0 Å². The van der Waals surface area contributed by atoms with Crippen molar-refractivity contribution in [3.8, 4) is 0 Å². The molecule has 0 amide bonds. The summed E-state index contributed by atoms with van der Waals surface area (Å²) < 4.78 is 4.86. The first-order valence-corrected chi connectivity index (χ1v) is 4.13. The van der Waals surface area contributed by atoms with Crippen LogP contribution in [-0.4, -0.2) is 17.6 Å². The molecule has 0 saturated carbocycles. The number of nitrogens with one attached hydrogen (secondary N) is 1. The van der Waals surface area contributed by atoms with E-state index in [4.69, 9.17) is 4.74 Å². The lowest BCUT2D eigenvalue weighted by Crippen LogP contribution is -2.07. The van der Waals surface area contributed by atoms with E-state index in [0.717, 1.165) is 12.0 Å². The predicted molar refractivity (Wildman–Crippen MR) is 46.1 cm³/mol. The number of hydrogen-bond donors (Lipinski definition) is 1. The Morgan fingerprint density at radius 2 is 2.33 bits per heavy atom. The number of esters is 1. The Balaban J connectivity index is 2.79. The van der Waals surface area contributed by atoms with Crippen molar-refractivity contribution in [3.05, 3.63) is 23.5 Å². The molecule has 1 heterocycles. The summed E-state index contributed by atoms with van der Waals surface area (Å²) >= 11 is 0. The molecule has 1 rings (SSSR count). The third-order valence-electron chi connectivity index (χ3n) is 1.69. The van der Waals surface area contributed by atoms with Gasteiger partial charge in [0.05, 0.1) is 6.61 Å². The van der Waals surface area contributed by atoms with Crippen LogP contribution < -0.4 is 0 Å². The molecule has 0 aromatic carbocycles. The van der Waals surface area contributed by atoms with Gasteiger partial charge >= 0.3 is 5.97 Å². The van der Waals surface area contributed by atoms with Crippen molar-refractivity contribution in [1.29, 1.82) is 0 Å². The lowest BCUT2D eigenvalue weighted by molar-refractivity contribution is 0.0519. The van der Waals surface area contributed by atoms with Gasteiger partial charge in [0.15, 0.2) is 0 Å². The van der Waals surface area contributed by atoms with Gasteiger partial charge in [0.25, 0.3) is 0 Å². The average molecular weight is 167 g/mol. The predicted octanol–water partition coefficient (Wildman–Crippen LogP) is 1.75. The van der Waals surface area contributed by atoms with E-state index in [1.165, 1.54) is 0 Å². The third-order valence-corrected chi connectivity index (χ3v) is 1.69. The van der Waals surface area contributed by atoms with Gasteiger partial charge in [-0.3, -0.25) is 0 Å². The minimum absolute atomic E-state index is 0.264. The van der Waals surface area contributed by atoms with Gasteiger partial charge in [0.2, 0.25) is 0 Å². The Labute approximate surface area is 71.7 Å². The molecule has 1 N–H and O–H groups in total. The summed E-state index contributed by atoms with van der Waals surface area (Å²) in [7, 11) is 0. The molecule has 3 heteroatoms. The summed E-state index contributed by atoms with van der Waals surface area (Å²) in [5, 5.41) is 0. The molecule has 66 valence electrons. The number of aromatic amines is 1. The van der Waals surface area contributed by atoms with Crippen molar-refractivity contribution in [2.24, 2.45) is 0 Å². The molecule has 0 unspecified atom stereocenters. The highest BCUT2D eigenvalue weighted by Crippen LogP contribution is 2.08. The molecule has 0 saturated heterocycles. The SMILES string of the molecule is CCOC(=O)c1[nH]ccc1CC. The molecule has 0 radical (unpaired) electrons. The van der Waals surface area contributed by atoms with Gasteiger partial charge in [-0.1, -0.05) is 6.92 Å². The largest absolute Gasteiger partial charge is 0.461 e. The molecule has 0 fully saturated rings. The van der Waals surface area contributed by atoms with E-state index in [1.54, 1.807) is 13.1 Å². The van der Waals surface area contributed by atoms with Crippen LogP contribution in [-0.2, 0) is 11.2 Å². The second-order valence-electron chi connectivity index (χ2n) is 2.45. The van der Waals surface area contributed by atoms with E-state index in [9.17, 15) is 4.79 Å². The Kier molecular flexibility index (Phi) is 2.91. The van der Waals surface area contributed by atoms with Crippen LogP contribution in [0.3, 0.4) is 0 Å². The average Bonchev–Trinajstić information content (AvgIpc) is 2.51. The van der Waals surface area contributed by atoms with Crippen LogP contribution in [0, 0.1) is 0 Å². The zero-order chi connectivity index (χ0) is 8.97. The number of rotatable bonds is 3. The van der Waals surface area contributed by atoms with Crippen LogP contribution in [0.1, 0.15) is 29.9 Å². The molecular formula is C9H13NO2. The van der Waals surface area contributed by atoms with Crippen LogP contribution >= 0.6 is 0 Å². The lowest BCUT2D eigenvalue weighted by Gasteiger charge is -2.00. The van der Waals surface area contributed by atoms with Crippen LogP contribution in [0.2, 0.25) is 0 Å². The Hall–Kier alpha value is -1.25. The summed E-state index contributed by atoms with van der Waals surface area (Å²) in [6, 6.07) is 1.90. The number of aromatic nitrogens is 1. The molecule has 3 nitrogen and oxygen atoms in total. The Morgan fingerprint density at radius 3 is 2.92 bits per heavy atom. The molecule has 1 aromatic heterocycles. The van der Waals surface area contributed by atoms with Crippen molar-refractivity contribution >= 4 is 5.97 Å². The molecule has 0 aliphatic carbocycles. The minimum Gasteiger partial charge on any atom is -0.461 e. The highest BCUT2D eigenvalue weighted by molar-refractivity contribution is 5.89. The number of carbonyl (C=O) groups is 1. The van der Waals surface area contributed by atoms with E-state index in [2.05, 4.69) is 4.98 Å².